The number of anilines is 1. The number of allylic oxidation sites excluding steroid dienone is 4. The second kappa shape index (κ2) is 5.76. The van der Waals surface area contributed by atoms with Crippen molar-refractivity contribution in [3.63, 3.8) is 0 Å². The maximum Gasteiger partial charge on any atom is 0.0709 e. The molecule has 0 aliphatic heterocycles. The molecule has 0 saturated heterocycles. The van der Waals surface area contributed by atoms with Crippen LogP contribution in [0, 0.1) is 6.92 Å². The Morgan fingerprint density at radius 3 is 2.81 bits per heavy atom. The zero-order valence-electron chi connectivity index (χ0n) is 12.9. The van der Waals surface area contributed by atoms with Gasteiger partial charge in [0.05, 0.1) is 17.8 Å². The van der Waals surface area contributed by atoms with E-state index in [1.807, 2.05) is 19.1 Å². The van der Waals surface area contributed by atoms with Crippen LogP contribution in [0.3, 0.4) is 0 Å². The van der Waals surface area contributed by atoms with Crippen LogP contribution in [-0.4, -0.2) is 9.78 Å². The van der Waals surface area contributed by atoms with Crippen molar-refractivity contribution in [3.8, 4) is 0 Å². The lowest BCUT2D eigenvalue weighted by Gasteiger charge is -2.11. The van der Waals surface area contributed by atoms with E-state index in [4.69, 9.17) is 10.8 Å². The summed E-state index contributed by atoms with van der Waals surface area (Å²) in [6.07, 6.45) is 9.34. The maximum atomic E-state index is 6.09. The van der Waals surface area contributed by atoms with Gasteiger partial charge in [0.1, 0.15) is 0 Å². The summed E-state index contributed by atoms with van der Waals surface area (Å²) in [6.45, 7) is 5.14. The molecule has 3 nitrogen and oxygen atoms in total. The highest BCUT2D eigenvalue weighted by atomic mass is 15.3. The van der Waals surface area contributed by atoms with E-state index in [2.05, 4.69) is 29.8 Å². The van der Waals surface area contributed by atoms with Crippen molar-refractivity contribution < 1.29 is 0 Å². The quantitative estimate of drug-likeness (QED) is 0.656. The van der Waals surface area contributed by atoms with Gasteiger partial charge >= 0.3 is 0 Å². The lowest BCUT2D eigenvalue weighted by Crippen LogP contribution is -2.04. The Labute approximate surface area is 126 Å². The average molecular weight is 281 g/mol. The molecule has 0 amide bonds. The van der Waals surface area contributed by atoms with Crippen LogP contribution >= 0.6 is 0 Å². The van der Waals surface area contributed by atoms with E-state index >= 15 is 0 Å². The molecule has 3 rings (SSSR count). The van der Waals surface area contributed by atoms with Gasteiger partial charge in [0.2, 0.25) is 0 Å². The number of benzene rings is 1. The third kappa shape index (κ3) is 2.87. The molecule has 0 bridgehead atoms. The molecule has 0 atom stereocenters. The first kappa shape index (κ1) is 13.9. The zero-order valence-corrected chi connectivity index (χ0v) is 12.9. The summed E-state index contributed by atoms with van der Waals surface area (Å²) in [5.74, 6) is 0. The van der Waals surface area contributed by atoms with Crippen LogP contribution in [0.25, 0.3) is 10.9 Å². The highest BCUT2D eigenvalue weighted by Crippen LogP contribution is 2.26. The van der Waals surface area contributed by atoms with Crippen LogP contribution in [0.1, 0.15) is 38.3 Å². The van der Waals surface area contributed by atoms with Crippen molar-refractivity contribution >= 4 is 16.6 Å². The molecular formula is C18H23N3. The Kier molecular flexibility index (Phi) is 3.82. The van der Waals surface area contributed by atoms with E-state index < -0.39 is 0 Å². The van der Waals surface area contributed by atoms with Gasteiger partial charge in [0.25, 0.3) is 0 Å². The van der Waals surface area contributed by atoms with Crippen molar-refractivity contribution in [1.29, 1.82) is 0 Å². The minimum Gasteiger partial charge on any atom is -0.398 e. The Bertz CT molecular complexity index is 719. The molecular weight excluding hydrogens is 258 g/mol. The number of hydrogen-bond acceptors (Lipinski definition) is 2. The second-order valence-electron chi connectivity index (χ2n) is 5.97. The number of aromatic nitrogens is 2. The molecule has 110 valence electrons. The van der Waals surface area contributed by atoms with Crippen molar-refractivity contribution in [3.05, 3.63) is 47.2 Å². The predicted molar refractivity (Wildman–Crippen MR) is 89.2 cm³/mol. The first-order chi connectivity index (χ1) is 10.1. The van der Waals surface area contributed by atoms with Gasteiger partial charge in [-0.1, -0.05) is 29.4 Å². The molecule has 1 aliphatic carbocycles. The van der Waals surface area contributed by atoms with E-state index in [0.717, 1.165) is 48.1 Å². The van der Waals surface area contributed by atoms with Crippen molar-refractivity contribution in [1.82, 2.24) is 9.78 Å². The van der Waals surface area contributed by atoms with Crippen LogP contribution in [0.5, 0.6) is 0 Å². The highest BCUT2D eigenvalue weighted by molar-refractivity contribution is 5.92. The molecule has 1 aliphatic rings. The number of hydrogen-bond donors (Lipinski definition) is 1. The topological polar surface area (TPSA) is 43.8 Å². The summed E-state index contributed by atoms with van der Waals surface area (Å²) < 4.78 is 2.10. The number of fused-ring (bicyclic) bond motifs is 1. The summed E-state index contributed by atoms with van der Waals surface area (Å²) >= 11 is 0. The third-order valence-corrected chi connectivity index (χ3v) is 4.27. The van der Waals surface area contributed by atoms with Gasteiger partial charge in [0, 0.05) is 11.1 Å². The largest absolute Gasteiger partial charge is 0.398 e. The smallest absolute Gasteiger partial charge is 0.0709 e. The molecule has 0 fully saturated rings. The number of rotatable bonds is 2. The van der Waals surface area contributed by atoms with Gasteiger partial charge in [-0.05, 0) is 51.7 Å². The van der Waals surface area contributed by atoms with Gasteiger partial charge in [-0.25, -0.2) is 0 Å². The van der Waals surface area contributed by atoms with E-state index in [-0.39, 0.29) is 0 Å². The minimum atomic E-state index is 0.821. The normalized spacial score (nSPS) is 16.3. The van der Waals surface area contributed by atoms with Gasteiger partial charge in [-0.2, -0.15) is 5.10 Å². The molecule has 1 aromatic carbocycles. The minimum absolute atomic E-state index is 0.821. The van der Waals surface area contributed by atoms with Crippen LogP contribution in [0.4, 0.5) is 5.69 Å². The number of nitrogen functional groups attached to an aromatic ring is 1. The van der Waals surface area contributed by atoms with Crippen molar-refractivity contribution in [2.45, 2.75) is 46.1 Å². The summed E-state index contributed by atoms with van der Waals surface area (Å²) in [5.41, 5.74) is 12.1. The number of aryl methyl sites for hydroxylation is 1. The van der Waals surface area contributed by atoms with Gasteiger partial charge in [-0.15, -0.1) is 0 Å². The number of nitrogens with zero attached hydrogens (tertiary/aromatic N) is 2. The summed E-state index contributed by atoms with van der Waals surface area (Å²) in [4.78, 5) is 0. The van der Waals surface area contributed by atoms with Gasteiger partial charge in [-0.3, -0.25) is 4.68 Å². The van der Waals surface area contributed by atoms with E-state index in [0.29, 0.717) is 0 Å². The molecule has 1 heterocycles. The maximum absolute atomic E-state index is 6.09. The lowest BCUT2D eigenvalue weighted by atomic mass is 10.0. The van der Waals surface area contributed by atoms with E-state index in [1.54, 1.807) is 0 Å². The Hall–Kier alpha value is -2.03. The predicted octanol–water partition coefficient (Wildman–Crippen LogP) is 4.37. The number of nitrogens with two attached hydrogens (primary N) is 1. The van der Waals surface area contributed by atoms with Crippen LogP contribution < -0.4 is 5.73 Å². The molecule has 0 unspecified atom stereocenters. The Morgan fingerprint density at radius 2 is 1.95 bits per heavy atom. The molecule has 0 radical (unpaired) electrons. The van der Waals surface area contributed by atoms with Gasteiger partial charge in [0.15, 0.2) is 0 Å². The molecule has 0 spiro atoms. The first-order valence-electron chi connectivity index (χ1n) is 7.70. The SMILES string of the molecule is CC1=CCCC(Cn2nc(C)c3c(N)cccc32)=CCC1. The van der Waals surface area contributed by atoms with Gasteiger partial charge < -0.3 is 5.73 Å². The van der Waals surface area contributed by atoms with Crippen LogP contribution in [0.2, 0.25) is 0 Å². The van der Waals surface area contributed by atoms with E-state index in [9.17, 15) is 0 Å². The first-order valence-corrected chi connectivity index (χ1v) is 7.70. The van der Waals surface area contributed by atoms with Crippen molar-refractivity contribution in [2.24, 2.45) is 0 Å². The molecule has 2 aromatic rings. The lowest BCUT2D eigenvalue weighted by molar-refractivity contribution is 0.663. The average Bonchev–Trinajstić information content (AvgIpc) is 2.74. The van der Waals surface area contributed by atoms with Crippen LogP contribution in [0.15, 0.2) is 41.5 Å². The summed E-state index contributed by atoms with van der Waals surface area (Å²) in [6, 6.07) is 6.07. The molecule has 3 heteroatoms. The molecule has 21 heavy (non-hydrogen) atoms. The molecule has 1 aromatic heterocycles. The molecule has 0 saturated carbocycles. The monoisotopic (exact) mass is 281 g/mol. The third-order valence-electron chi connectivity index (χ3n) is 4.27. The van der Waals surface area contributed by atoms with E-state index in [1.165, 1.54) is 17.6 Å². The fourth-order valence-corrected chi connectivity index (χ4v) is 3.12. The summed E-state index contributed by atoms with van der Waals surface area (Å²) in [7, 11) is 0. The fraction of sp³-hybridized carbons (Fsp3) is 0.389. The Morgan fingerprint density at radius 1 is 1.14 bits per heavy atom. The van der Waals surface area contributed by atoms with Crippen molar-refractivity contribution in [2.75, 3.05) is 5.73 Å². The second-order valence-corrected chi connectivity index (χ2v) is 5.97. The zero-order chi connectivity index (χ0) is 14.8. The molecule has 2 N–H and O–H groups in total. The standard InChI is InChI=1S/C18H23N3/c1-13-6-3-8-15(9-4-7-13)12-21-17-11-5-10-16(19)18(17)14(2)20-21/h5-6,9-11H,3-4,7-8,12,19H2,1-2H3. The van der Waals surface area contributed by atoms with Crippen LogP contribution in [-0.2, 0) is 6.54 Å². The highest BCUT2D eigenvalue weighted by Gasteiger charge is 2.11. The Balaban J connectivity index is 1.89. The fourth-order valence-electron chi connectivity index (χ4n) is 3.12. The summed E-state index contributed by atoms with van der Waals surface area (Å²) in [5, 5.41) is 5.79.